The summed E-state index contributed by atoms with van der Waals surface area (Å²) in [4.78, 5) is 11.8. The highest BCUT2D eigenvalue weighted by atomic mass is 19.1. The minimum absolute atomic E-state index is 0.0912. The second kappa shape index (κ2) is 4.72. The number of aryl methyl sites for hydroxylation is 2. The molecule has 0 fully saturated rings. The highest BCUT2D eigenvalue weighted by Gasteiger charge is 2.11. The molecule has 2 nitrogen and oxygen atoms in total. The van der Waals surface area contributed by atoms with E-state index in [2.05, 4.69) is 0 Å². The van der Waals surface area contributed by atoms with Gasteiger partial charge >= 0.3 is 0 Å². The summed E-state index contributed by atoms with van der Waals surface area (Å²) in [6.45, 7) is 3.46. The van der Waals surface area contributed by atoms with Crippen LogP contribution in [0.2, 0.25) is 0 Å². The van der Waals surface area contributed by atoms with Gasteiger partial charge in [0.2, 0.25) is 0 Å². The smallest absolute Gasteiger partial charge is 0.251 e. The molecule has 0 radical (unpaired) electrons. The minimum atomic E-state index is -0.637. The lowest BCUT2D eigenvalue weighted by Gasteiger charge is -2.11. The normalized spacial score (nSPS) is 10.7. The second-order valence-electron chi connectivity index (χ2n) is 4.30. The monoisotopic (exact) mass is 249 g/mol. The maximum Gasteiger partial charge on any atom is 0.251 e. The first kappa shape index (κ1) is 12.5. The SMILES string of the molecule is Cc1cc(C)n(Cc2c(F)cccc2F)c(=O)c1. The van der Waals surface area contributed by atoms with E-state index in [1.165, 1.54) is 28.8 Å². The molecule has 2 aromatic rings. The van der Waals surface area contributed by atoms with Gasteiger partial charge in [0.25, 0.3) is 5.56 Å². The Morgan fingerprint density at radius 2 is 1.72 bits per heavy atom. The fourth-order valence-corrected chi connectivity index (χ4v) is 1.94. The fourth-order valence-electron chi connectivity index (χ4n) is 1.94. The highest BCUT2D eigenvalue weighted by Crippen LogP contribution is 2.14. The van der Waals surface area contributed by atoms with Gasteiger partial charge in [-0.25, -0.2) is 8.78 Å². The molecule has 0 amide bonds. The zero-order valence-corrected chi connectivity index (χ0v) is 10.2. The molecule has 2 rings (SSSR count). The number of hydrogen-bond donors (Lipinski definition) is 0. The van der Waals surface area contributed by atoms with Crippen molar-refractivity contribution in [2.24, 2.45) is 0 Å². The van der Waals surface area contributed by atoms with Crippen molar-refractivity contribution in [3.63, 3.8) is 0 Å². The average molecular weight is 249 g/mol. The third-order valence-electron chi connectivity index (χ3n) is 2.86. The Bertz CT molecular complexity index is 626. The predicted molar refractivity (Wildman–Crippen MR) is 65.6 cm³/mol. The zero-order valence-electron chi connectivity index (χ0n) is 10.2. The van der Waals surface area contributed by atoms with Crippen LogP contribution in [0.1, 0.15) is 16.8 Å². The third-order valence-corrected chi connectivity index (χ3v) is 2.86. The molecule has 18 heavy (non-hydrogen) atoms. The van der Waals surface area contributed by atoms with Crippen molar-refractivity contribution in [3.05, 3.63) is 69.1 Å². The number of hydrogen-bond acceptors (Lipinski definition) is 1. The number of aromatic nitrogens is 1. The standard InChI is InChI=1S/C14H13F2NO/c1-9-6-10(2)17(14(18)7-9)8-11-12(15)4-3-5-13(11)16/h3-7H,8H2,1-2H3. The molecule has 1 aromatic heterocycles. The Morgan fingerprint density at radius 3 is 2.28 bits per heavy atom. The molecule has 0 saturated heterocycles. The molecule has 1 heterocycles. The van der Waals surface area contributed by atoms with Crippen LogP contribution in [0.15, 0.2) is 35.1 Å². The van der Waals surface area contributed by atoms with Gasteiger partial charge in [0.15, 0.2) is 0 Å². The van der Waals surface area contributed by atoms with Gasteiger partial charge in [-0.2, -0.15) is 0 Å². The van der Waals surface area contributed by atoms with E-state index >= 15 is 0 Å². The molecule has 0 N–H and O–H groups in total. The van der Waals surface area contributed by atoms with Gasteiger partial charge in [-0.05, 0) is 37.6 Å². The minimum Gasteiger partial charge on any atom is -0.308 e. The van der Waals surface area contributed by atoms with Crippen LogP contribution in [-0.4, -0.2) is 4.57 Å². The maximum atomic E-state index is 13.5. The maximum absolute atomic E-state index is 13.5. The van der Waals surface area contributed by atoms with Crippen LogP contribution >= 0.6 is 0 Å². The van der Waals surface area contributed by atoms with E-state index in [0.717, 1.165) is 5.56 Å². The topological polar surface area (TPSA) is 22.0 Å². The van der Waals surface area contributed by atoms with E-state index in [-0.39, 0.29) is 17.7 Å². The first-order valence-electron chi connectivity index (χ1n) is 5.60. The van der Waals surface area contributed by atoms with Gasteiger partial charge in [0, 0.05) is 17.3 Å². The molecule has 0 bridgehead atoms. The quantitative estimate of drug-likeness (QED) is 0.802. The molecule has 0 aliphatic heterocycles. The Hall–Kier alpha value is -1.97. The first-order chi connectivity index (χ1) is 8.49. The van der Waals surface area contributed by atoms with E-state index in [0.29, 0.717) is 5.69 Å². The van der Waals surface area contributed by atoms with E-state index in [1.807, 2.05) is 6.92 Å². The van der Waals surface area contributed by atoms with E-state index in [1.54, 1.807) is 13.0 Å². The van der Waals surface area contributed by atoms with Gasteiger partial charge in [0.05, 0.1) is 6.54 Å². The molecule has 0 saturated carbocycles. The summed E-state index contributed by atoms with van der Waals surface area (Å²) in [6, 6.07) is 6.94. The third kappa shape index (κ3) is 2.32. The van der Waals surface area contributed by atoms with Crippen molar-refractivity contribution in [3.8, 4) is 0 Å². The fraction of sp³-hybridized carbons (Fsp3) is 0.214. The molecule has 0 aliphatic carbocycles. The number of pyridine rings is 1. The van der Waals surface area contributed by atoms with Crippen molar-refractivity contribution in [2.75, 3.05) is 0 Å². The number of benzene rings is 1. The van der Waals surface area contributed by atoms with Crippen LogP contribution in [-0.2, 0) is 6.54 Å². The summed E-state index contributed by atoms with van der Waals surface area (Å²) in [5.41, 5.74) is 1.17. The zero-order chi connectivity index (χ0) is 13.3. The Kier molecular flexibility index (Phi) is 3.28. The van der Waals surface area contributed by atoms with Crippen LogP contribution in [0.25, 0.3) is 0 Å². The van der Waals surface area contributed by atoms with Gasteiger partial charge in [-0.15, -0.1) is 0 Å². The van der Waals surface area contributed by atoms with Gasteiger partial charge in [-0.1, -0.05) is 6.07 Å². The van der Waals surface area contributed by atoms with Crippen molar-refractivity contribution in [1.29, 1.82) is 0 Å². The van der Waals surface area contributed by atoms with E-state index < -0.39 is 11.6 Å². The molecule has 94 valence electrons. The van der Waals surface area contributed by atoms with Crippen molar-refractivity contribution >= 4 is 0 Å². The Morgan fingerprint density at radius 1 is 1.11 bits per heavy atom. The summed E-state index contributed by atoms with van der Waals surface area (Å²) in [5, 5.41) is 0. The van der Waals surface area contributed by atoms with Crippen molar-refractivity contribution in [2.45, 2.75) is 20.4 Å². The average Bonchev–Trinajstić information content (AvgIpc) is 2.26. The highest BCUT2D eigenvalue weighted by molar-refractivity contribution is 5.22. The molecular formula is C14H13F2NO. The van der Waals surface area contributed by atoms with Crippen molar-refractivity contribution < 1.29 is 8.78 Å². The molecule has 4 heteroatoms. The van der Waals surface area contributed by atoms with Crippen LogP contribution in [0, 0.1) is 25.5 Å². The molecular weight excluding hydrogens is 236 g/mol. The van der Waals surface area contributed by atoms with Gasteiger partial charge < -0.3 is 4.57 Å². The van der Waals surface area contributed by atoms with Crippen LogP contribution < -0.4 is 5.56 Å². The lowest BCUT2D eigenvalue weighted by atomic mass is 10.1. The molecule has 0 aliphatic rings. The van der Waals surface area contributed by atoms with Gasteiger partial charge in [-0.3, -0.25) is 4.79 Å². The lowest BCUT2D eigenvalue weighted by molar-refractivity contribution is 0.539. The Balaban J connectivity index is 2.50. The summed E-state index contributed by atoms with van der Waals surface area (Å²) in [5.74, 6) is -1.27. The van der Waals surface area contributed by atoms with Gasteiger partial charge in [0.1, 0.15) is 11.6 Å². The van der Waals surface area contributed by atoms with Crippen LogP contribution in [0.4, 0.5) is 8.78 Å². The van der Waals surface area contributed by atoms with Crippen LogP contribution in [0.5, 0.6) is 0 Å². The molecule has 0 unspecified atom stereocenters. The first-order valence-corrected chi connectivity index (χ1v) is 5.60. The summed E-state index contributed by atoms with van der Waals surface area (Å²) in [6.07, 6.45) is 0. The second-order valence-corrected chi connectivity index (χ2v) is 4.30. The molecule has 0 atom stereocenters. The largest absolute Gasteiger partial charge is 0.308 e. The van der Waals surface area contributed by atoms with E-state index in [9.17, 15) is 13.6 Å². The summed E-state index contributed by atoms with van der Waals surface area (Å²) < 4.78 is 28.4. The molecule has 1 aromatic carbocycles. The summed E-state index contributed by atoms with van der Waals surface area (Å²) >= 11 is 0. The number of halogens is 2. The molecule has 0 spiro atoms. The van der Waals surface area contributed by atoms with Crippen molar-refractivity contribution in [1.82, 2.24) is 4.57 Å². The summed E-state index contributed by atoms with van der Waals surface area (Å²) in [7, 11) is 0. The number of rotatable bonds is 2. The van der Waals surface area contributed by atoms with E-state index in [4.69, 9.17) is 0 Å². The predicted octanol–water partition coefficient (Wildman–Crippen LogP) is 2.79. The number of nitrogens with zero attached hydrogens (tertiary/aromatic N) is 1. The van der Waals surface area contributed by atoms with Crippen LogP contribution in [0.3, 0.4) is 0 Å². The Labute approximate surface area is 104 Å². The lowest BCUT2D eigenvalue weighted by Crippen LogP contribution is -2.23.